The van der Waals surface area contributed by atoms with Crippen LogP contribution in [0.25, 0.3) is 11.3 Å². The number of nitrogens with zero attached hydrogens (tertiary/aromatic N) is 1. The number of hydrogen-bond acceptors (Lipinski definition) is 2. The van der Waals surface area contributed by atoms with Crippen LogP contribution >= 0.6 is 0 Å². The Kier molecular flexibility index (Phi) is 1.50. The Morgan fingerprint density at radius 2 is 2.25 bits per heavy atom. The zero-order valence-corrected chi connectivity index (χ0v) is 7.09. The molecule has 0 amide bonds. The summed E-state index contributed by atoms with van der Waals surface area (Å²) in [6, 6.07) is 2.00. The fourth-order valence-corrected chi connectivity index (χ4v) is 1.30. The van der Waals surface area contributed by atoms with Crippen molar-refractivity contribution in [2.24, 2.45) is 0 Å². The van der Waals surface area contributed by atoms with E-state index in [0.717, 1.165) is 22.8 Å². The molecule has 12 heavy (non-hydrogen) atoms. The minimum absolute atomic E-state index is 0.928. The van der Waals surface area contributed by atoms with Gasteiger partial charge in [0.2, 0.25) is 0 Å². The molecular weight excluding hydrogens is 152 g/mol. The Bertz CT molecular complexity index is 373. The van der Waals surface area contributed by atoms with Gasteiger partial charge in [-0.15, -0.1) is 0 Å². The van der Waals surface area contributed by atoms with Gasteiger partial charge < -0.3 is 9.40 Å². The number of rotatable bonds is 1. The second kappa shape index (κ2) is 2.52. The van der Waals surface area contributed by atoms with Crippen LogP contribution in [0.1, 0.15) is 11.5 Å². The molecule has 0 aliphatic carbocycles. The Hall–Kier alpha value is -1.51. The van der Waals surface area contributed by atoms with Crippen molar-refractivity contribution < 1.29 is 4.42 Å². The van der Waals surface area contributed by atoms with E-state index >= 15 is 0 Å². The zero-order valence-electron chi connectivity index (χ0n) is 7.09. The Balaban J connectivity index is 2.54. The predicted molar refractivity (Wildman–Crippen MR) is 45.8 cm³/mol. The van der Waals surface area contributed by atoms with Gasteiger partial charge in [0.1, 0.15) is 11.5 Å². The third-order valence-corrected chi connectivity index (χ3v) is 1.83. The Morgan fingerprint density at radius 1 is 1.42 bits per heavy atom. The van der Waals surface area contributed by atoms with E-state index in [1.54, 1.807) is 12.5 Å². The van der Waals surface area contributed by atoms with Gasteiger partial charge in [0.05, 0.1) is 18.2 Å². The maximum Gasteiger partial charge on any atom is 0.110 e. The first-order valence-corrected chi connectivity index (χ1v) is 3.83. The molecule has 0 unspecified atom stereocenters. The largest absolute Gasteiger partial charge is 0.466 e. The highest BCUT2D eigenvalue weighted by Crippen LogP contribution is 2.23. The molecule has 0 radical (unpaired) electrons. The lowest BCUT2D eigenvalue weighted by Crippen LogP contribution is -1.74. The van der Waals surface area contributed by atoms with E-state index in [1.165, 1.54) is 0 Å². The SMILES string of the molecule is Cc1cc(-c2cnc[nH]2)c(C)o1. The van der Waals surface area contributed by atoms with Crippen LogP contribution in [0.2, 0.25) is 0 Å². The Morgan fingerprint density at radius 3 is 2.75 bits per heavy atom. The molecule has 2 heterocycles. The monoisotopic (exact) mass is 162 g/mol. The summed E-state index contributed by atoms with van der Waals surface area (Å²) in [6.45, 7) is 3.88. The standard InChI is InChI=1S/C9H10N2O/c1-6-3-8(7(2)12-6)9-4-10-5-11-9/h3-5H,1-2H3,(H,10,11). The molecule has 0 spiro atoms. The van der Waals surface area contributed by atoms with Crippen molar-refractivity contribution in [1.82, 2.24) is 9.97 Å². The quantitative estimate of drug-likeness (QED) is 0.699. The molecule has 0 aliphatic heterocycles. The number of hydrogen-bond donors (Lipinski definition) is 1. The molecule has 62 valence electrons. The molecule has 1 N–H and O–H groups in total. The van der Waals surface area contributed by atoms with E-state index in [2.05, 4.69) is 9.97 Å². The molecule has 0 saturated carbocycles. The van der Waals surface area contributed by atoms with Gasteiger partial charge in [0.15, 0.2) is 0 Å². The van der Waals surface area contributed by atoms with E-state index in [4.69, 9.17) is 4.42 Å². The fourth-order valence-electron chi connectivity index (χ4n) is 1.30. The lowest BCUT2D eigenvalue weighted by Gasteiger charge is -1.90. The predicted octanol–water partition coefficient (Wildman–Crippen LogP) is 2.29. The van der Waals surface area contributed by atoms with Gasteiger partial charge in [-0.2, -0.15) is 0 Å². The van der Waals surface area contributed by atoms with E-state index < -0.39 is 0 Å². The third-order valence-electron chi connectivity index (χ3n) is 1.83. The zero-order chi connectivity index (χ0) is 8.55. The molecular formula is C9H10N2O. The summed E-state index contributed by atoms with van der Waals surface area (Å²) in [5.41, 5.74) is 2.09. The first kappa shape index (κ1) is 7.16. The minimum atomic E-state index is 0.928. The fraction of sp³-hybridized carbons (Fsp3) is 0.222. The van der Waals surface area contributed by atoms with E-state index in [-0.39, 0.29) is 0 Å². The molecule has 2 aromatic rings. The summed E-state index contributed by atoms with van der Waals surface area (Å²) in [7, 11) is 0. The molecule has 2 rings (SSSR count). The molecule has 2 aromatic heterocycles. The third kappa shape index (κ3) is 1.03. The first-order chi connectivity index (χ1) is 5.77. The highest BCUT2D eigenvalue weighted by atomic mass is 16.3. The number of furan rings is 1. The average molecular weight is 162 g/mol. The summed E-state index contributed by atoms with van der Waals surface area (Å²) in [6.07, 6.45) is 3.45. The topological polar surface area (TPSA) is 41.8 Å². The molecule has 3 nitrogen and oxygen atoms in total. The number of aromatic nitrogens is 2. The van der Waals surface area contributed by atoms with Gasteiger partial charge in [0, 0.05) is 5.56 Å². The van der Waals surface area contributed by atoms with E-state index in [0.29, 0.717) is 0 Å². The van der Waals surface area contributed by atoms with Gasteiger partial charge >= 0.3 is 0 Å². The molecule has 0 atom stereocenters. The van der Waals surface area contributed by atoms with Crippen molar-refractivity contribution in [3.63, 3.8) is 0 Å². The van der Waals surface area contributed by atoms with Gasteiger partial charge in [-0.25, -0.2) is 4.98 Å². The van der Waals surface area contributed by atoms with Gasteiger partial charge in [0.25, 0.3) is 0 Å². The van der Waals surface area contributed by atoms with Crippen LogP contribution in [0.15, 0.2) is 23.0 Å². The first-order valence-electron chi connectivity index (χ1n) is 3.83. The van der Waals surface area contributed by atoms with Crippen LogP contribution in [0.3, 0.4) is 0 Å². The Labute approximate surface area is 70.4 Å². The van der Waals surface area contributed by atoms with Crippen molar-refractivity contribution in [3.05, 3.63) is 30.1 Å². The molecule has 3 heteroatoms. The molecule has 0 bridgehead atoms. The molecule has 0 aliphatic rings. The van der Waals surface area contributed by atoms with Crippen LogP contribution in [-0.2, 0) is 0 Å². The van der Waals surface area contributed by atoms with E-state index in [9.17, 15) is 0 Å². The minimum Gasteiger partial charge on any atom is -0.466 e. The highest BCUT2D eigenvalue weighted by Gasteiger charge is 2.07. The van der Waals surface area contributed by atoms with Crippen molar-refractivity contribution in [1.29, 1.82) is 0 Å². The number of H-pyrrole nitrogens is 1. The van der Waals surface area contributed by atoms with Crippen molar-refractivity contribution in [3.8, 4) is 11.3 Å². The summed E-state index contributed by atoms with van der Waals surface area (Å²) < 4.78 is 5.39. The maximum atomic E-state index is 5.39. The summed E-state index contributed by atoms with van der Waals surface area (Å²) in [5, 5.41) is 0. The van der Waals surface area contributed by atoms with Crippen molar-refractivity contribution in [2.75, 3.05) is 0 Å². The summed E-state index contributed by atoms with van der Waals surface area (Å²) in [5.74, 6) is 1.86. The number of imidazole rings is 1. The molecule has 0 fully saturated rings. The highest BCUT2D eigenvalue weighted by molar-refractivity contribution is 5.60. The second-order valence-corrected chi connectivity index (χ2v) is 2.79. The number of nitrogens with one attached hydrogen (secondary N) is 1. The lowest BCUT2D eigenvalue weighted by molar-refractivity contribution is 0.505. The van der Waals surface area contributed by atoms with Gasteiger partial charge in [-0.05, 0) is 19.9 Å². The van der Waals surface area contributed by atoms with Crippen LogP contribution in [0, 0.1) is 13.8 Å². The normalized spacial score (nSPS) is 10.5. The smallest absolute Gasteiger partial charge is 0.110 e. The van der Waals surface area contributed by atoms with Crippen molar-refractivity contribution in [2.45, 2.75) is 13.8 Å². The summed E-state index contributed by atoms with van der Waals surface area (Å²) >= 11 is 0. The second-order valence-electron chi connectivity index (χ2n) is 2.79. The van der Waals surface area contributed by atoms with Gasteiger partial charge in [-0.1, -0.05) is 0 Å². The lowest BCUT2D eigenvalue weighted by atomic mass is 10.2. The number of aromatic amines is 1. The van der Waals surface area contributed by atoms with E-state index in [1.807, 2.05) is 19.9 Å². The van der Waals surface area contributed by atoms with Crippen LogP contribution in [0.4, 0.5) is 0 Å². The van der Waals surface area contributed by atoms with Crippen LogP contribution in [-0.4, -0.2) is 9.97 Å². The molecule has 0 aromatic carbocycles. The maximum absolute atomic E-state index is 5.39. The van der Waals surface area contributed by atoms with Crippen LogP contribution < -0.4 is 0 Å². The summed E-state index contributed by atoms with van der Waals surface area (Å²) in [4.78, 5) is 6.99. The molecule has 0 saturated heterocycles. The average Bonchev–Trinajstić information content (AvgIpc) is 2.58. The number of aryl methyl sites for hydroxylation is 2. The van der Waals surface area contributed by atoms with Crippen LogP contribution in [0.5, 0.6) is 0 Å². The van der Waals surface area contributed by atoms with Crippen molar-refractivity contribution >= 4 is 0 Å². The van der Waals surface area contributed by atoms with Gasteiger partial charge in [-0.3, -0.25) is 0 Å².